The summed E-state index contributed by atoms with van der Waals surface area (Å²) in [5, 5.41) is 0. The largest absolute Gasteiger partial charge is 0.490 e. The number of nitrogens with two attached hydrogens (primary N) is 1. The van der Waals surface area contributed by atoms with Gasteiger partial charge in [-0.15, -0.1) is 0 Å². The Bertz CT molecular complexity index is 453. The minimum Gasteiger partial charge on any atom is -0.490 e. The van der Waals surface area contributed by atoms with Crippen LogP contribution < -0.4 is 10.5 Å². The highest BCUT2D eigenvalue weighted by Gasteiger charge is 2.06. The SMILES string of the molecule is Cc1ccc(C(N)COc2cccnc2)cc1. The molecular formula is C14H16N2O. The van der Waals surface area contributed by atoms with Gasteiger partial charge in [0.15, 0.2) is 0 Å². The number of hydrogen-bond donors (Lipinski definition) is 1. The molecule has 17 heavy (non-hydrogen) atoms. The number of rotatable bonds is 4. The van der Waals surface area contributed by atoms with E-state index in [0.29, 0.717) is 6.61 Å². The predicted molar refractivity (Wildman–Crippen MR) is 67.8 cm³/mol. The van der Waals surface area contributed by atoms with E-state index in [1.54, 1.807) is 12.4 Å². The number of hydrogen-bond acceptors (Lipinski definition) is 3. The first-order chi connectivity index (χ1) is 8.25. The summed E-state index contributed by atoms with van der Waals surface area (Å²) in [6.45, 7) is 2.51. The van der Waals surface area contributed by atoms with Gasteiger partial charge < -0.3 is 10.5 Å². The summed E-state index contributed by atoms with van der Waals surface area (Å²) >= 11 is 0. The van der Waals surface area contributed by atoms with Gasteiger partial charge in [0.1, 0.15) is 12.4 Å². The van der Waals surface area contributed by atoms with Crippen molar-refractivity contribution in [3.05, 3.63) is 59.9 Å². The third-order valence-corrected chi connectivity index (χ3v) is 2.57. The third-order valence-electron chi connectivity index (χ3n) is 2.57. The lowest BCUT2D eigenvalue weighted by Crippen LogP contribution is -2.18. The molecule has 0 saturated heterocycles. The molecule has 0 amide bonds. The van der Waals surface area contributed by atoms with Crippen LogP contribution in [0.1, 0.15) is 17.2 Å². The molecule has 0 aliphatic rings. The summed E-state index contributed by atoms with van der Waals surface area (Å²) < 4.78 is 5.56. The van der Waals surface area contributed by atoms with Crippen molar-refractivity contribution < 1.29 is 4.74 Å². The molecule has 88 valence electrons. The molecule has 0 radical (unpaired) electrons. The summed E-state index contributed by atoms with van der Waals surface area (Å²) in [5.41, 5.74) is 8.36. The number of pyridine rings is 1. The molecule has 0 spiro atoms. The van der Waals surface area contributed by atoms with Crippen LogP contribution in [0, 0.1) is 6.92 Å². The Kier molecular flexibility index (Phi) is 3.73. The fourth-order valence-electron chi connectivity index (χ4n) is 1.53. The Balaban J connectivity index is 1.93. The summed E-state index contributed by atoms with van der Waals surface area (Å²) in [5.74, 6) is 0.745. The second kappa shape index (κ2) is 5.46. The zero-order chi connectivity index (χ0) is 12.1. The monoisotopic (exact) mass is 228 g/mol. The van der Waals surface area contributed by atoms with Gasteiger partial charge in [-0.25, -0.2) is 0 Å². The van der Waals surface area contributed by atoms with E-state index in [2.05, 4.69) is 24.0 Å². The van der Waals surface area contributed by atoms with E-state index in [9.17, 15) is 0 Å². The van der Waals surface area contributed by atoms with Crippen LogP contribution in [0.25, 0.3) is 0 Å². The maximum absolute atomic E-state index is 6.05. The minimum absolute atomic E-state index is 0.115. The first-order valence-electron chi connectivity index (χ1n) is 5.60. The van der Waals surface area contributed by atoms with Crippen molar-refractivity contribution in [2.75, 3.05) is 6.61 Å². The maximum Gasteiger partial charge on any atom is 0.137 e. The fraction of sp³-hybridized carbons (Fsp3) is 0.214. The molecule has 1 aromatic carbocycles. The van der Waals surface area contributed by atoms with Crippen LogP contribution in [0.15, 0.2) is 48.8 Å². The molecule has 0 bridgehead atoms. The van der Waals surface area contributed by atoms with Gasteiger partial charge in [-0.05, 0) is 24.6 Å². The van der Waals surface area contributed by atoms with E-state index >= 15 is 0 Å². The lowest BCUT2D eigenvalue weighted by molar-refractivity contribution is 0.289. The Morgan fingerprint density at radius 1 is 1.24 bits per heavy atom. The smallest absolute Gasteiger partial charge is 0.137 e. The van der Waals surface area contributed by atoms with Crippen molar-refractivity contribution in [1.29, 1.82) is 0 Å². The summed E-state index contributed by atoms with van der Waals surface area (Å²) in [6.07, 6.45) is 3.40. The molecule has 0 aliphatic carbocycles. The molecule has 0 aliphatic heterocycles. The van der Waals surface area contributed by atoms with Gasteiger partial charge in [0.25, 0.3) is 0 Å². The first kappa shape index (κ1) is 11.6. The molecule has 0 saturated carbocycles. The third kappa shape index (κ3) is 3.29. The molecule has 2 aromatic rings. The van der Waals surface area contributed by atoms with Crippen LogP contribution in [-0.2, 0) is 0 Å². The summed E-state index contributed by atoms with van der Waals surface area (Å²) in [7, 11) is 0. The molecule has 3 nitrogen and oxygen atoms in total. The van der Waals surface area contributed by atoms with Crippen molar-refractivity contribution in [3.63, 3.8) is 0 Å². The van der Waals surface area contributed by atoms with Crippen LogP contribution in [0.4, 0.5) is 0 Å². The minimum atomic E-state index is -0.115. The van der Waals surface area contributed by atoms with Crippen LogP contribution in [0.5, 0.6) is 5.75 Å². The molecule has 1 atom stereocenters. The molecule has 1 heterocycles. The average molecular weight is 228 g/mol. The van der Waals surface area contributed by atoms with Gasteiger partial charge >= 0.3 is 0 Å². The van der Waals surface area contributed by atoms with Gasteiger partial charge in [-0.3, -0.25) is 4.98 Å². The molecular weight excluding hydrogens is 212 g/mol. The number of aryl methyl sites for hydroxylation is 1. The Morgan fingerprint density at radius 3 is 2.65 bits per heavy atom. The summed E-state index contributed by atoms with van der Waals surface area (Å²) in [6, 6.07) is 11.8. The highest BCUT2D eigenvalue weighted by Crippen LogP contribution is 2.14. The van der Waals surface area contributed by atoms with Crippen molar-refractivity contribution >= 4 is 0 Å². The van der Waals surface area contributed by atoms with Gasteiger partial charge in [0.05, 0.1) is 12.2 Å². The predicted octanol–water partition coefficient (Wildman–Crippen LogP) is 2.47. The number of nitrogens with zero attached hydrogens (tertiary/aromatic N) is 1. The Morgan fingerprint density at radius 2 is 2.00 bits per heavy atom. The average Bonchev–Trinajstić information content (AvgIpc) is 2.38. The van der Waals surface area contributed by atoms with Crippen molar-refractivity contribution in [1.82, 2.24) is 4.98 Å². The Hall–Kier alpha value is -1.87. The number of benzene rings is 1. The first-order valence-corrected chi connectivity index (χ1v) is 5.60. The second-order valence-electron chi connectivity index (χ2n) is 4.02. The zero-order valence-corrected chi connectivity index (χ0v) is 9.84. The van der Waals surface area contributed by atoms with Crippen LogP contribution in [-0.4, -0.2) is 11.6 Å². The molecule has 3 heteroatoms. The maximum atomic E-state index is 6.05. The molecule has 0 fully saturated rings. The Labute approximate surface area is 101 Å². The van der Waals surface area contributed by atoms with Crippen molar-refractivity contribution in [2.24, 2.45) is 5.73 Å². The van der Waals surface area contributed by atoms with Gasteiger partial charge in [0, 0.05) is 6.20 Å². The van der Waals surface area contributed by atoms with Gasteiger partial charge in [-0.1, -0.05) is 29.8 Å². The topological polar surface area (TPSA) is 48.1 Å². The standard InChI is InChI=1S/C14H16N2O/c1-11-4-6-12(7-5-11)14(15)10-17-13-3-2-8-16-9-13/h2-9,14H,10,15H2,1H3. The quantitative estimate of drug-likeness (QED) is 0.874. The molecule has 1 unspecified atom stereocenters. The van der Waals surface area contributed by atoms with Crippen LogP contribution >= 0.6 is 0 Å². The van der Waals surface area contributed by atoms with Crippen LogP contribution in [0.3, 0.4) is 0 Å². The summed E-state index contributed by atoms with van der Waals surface area (Å²) in [4.78, 5) is 3.98. The van der Waals surface area contributed by atoms with E-state index in [-0.39, 0.29) is 6.04 Å². The van der Waals surface area contributed by atoms with E-state index in [0.717, 1.165) is 11.3 Å². The molecule has 2 N–H and O–H groups in total. The fourth-order valence-corrected chi connectivity index (χ4v) is 1.53. The van der Waals surface area contributed by atoms with E-state index < -0.39 is 0 Å². The normalized spacial score (nSPS) is 12.1. The van der Waals surface area contributed by atoms with Crippen LogP contribution in [0.2, 0.25) is 0 Å². The van der Waals surface area contributed by atoms with Crippen molar-refractivity contribution in [2.45, 2.75) is 13.0 Å². The van der Waals surface area contributed by atoms with E-state index in [1.165, 1.54) is 5.56 Å². The van der Waals surface area contributed by atoms with E-state index in [1.807, 2.05) is 24.3 Å². The second-order valence-corrected chi connectivity index (χ2v) is 4.02. The van der Waals surface area contributed by atoms with E-state index in [4.69, 9.17) is 10.5 Å². The lowest BCUT2D eigenvalue weighted by atomic mass is 10.1. The van der Waals surface area contributed by atoms with Gasteiger partial charge in [0.2, 0.25) is 0 Å². The van der Waals surface area contributed by atoms with Gasteiger partial charge in [-0.2, -0.15) is 0 Å². The van der Waals surface area contributed by atoms with Crippen molar-refractivity contribution in [3.8, 4) is 5.75 Å². The number of ether oxygens (including phenoxy) is 1. The molecule has 2 rings (SSSR count). The number of aromatic nitrogens is 1. The highest BCUT2D eigenvalue weighted by molar-refractivity contribution is 5.24. The zero-order valence-electron chi connectivity index (χ0n) is 9.84. The highest BCUT2D eigenvalue weighted by atomic mass is 16.5. The lowest BCUT2D eigenvalue weighted by Gasteiger charge is -2.13. The molecule has 1 aromatic heterocycles.